The van der Waals surface area contributed by atoms with E-state index in [1.54, 1.807) is 83.1 Å². The number of unbranched alkanes of at least 4 members (excludes halogenated alkanes) is 5. The SMILES string of the molecule is CC(C)C[C@H](NC(=O)[C@H](CCCCN)NC(=O)[C@H](CC(C)C)NC(=O)[C@H](CC(C)C)NC(=O)[C@H](CCCCN)NC(=O)[C@H](CCC(N)=O)NC(=O)[C@H](CC(C)C)NC(=O)[C@H](CC(C)C)NC(=O)[C@H](CCCCN)NC(=O)[C@H](CC(C)C)NC(=O)[C@H](CC(C)C)NC(=O)[C@H](CCCCN)NC(=O)[C@H](CCC(N)=O)NC(=O)[C@@H](N)CC(C)C)C(=O)N[C@@H](CCCCN)C(=O)NCC(N)=O. The number of rotatable bonds is 73. The number of carbonyl (C=O) groups is 18. The molecule has 15 atom stereocenters. The molecule has 0 spiro atoms. The lowest BCUT2D eigenvalue weighted by atomic mass is 9.98. The van der Waals surface area contributed by atoms with Crippen molar-refractivity contribution in [2.45, 2.75) is 375 Å². The second-order valence-electron chi connectivity index (χ2n) is 38.1. The van der Waals surface area contributed by atoms with Gasteiger partial charge in [0.05, 0.1) is 12.6 Å². The van der Waals surface area contributed by atoms with Crippen LogP contribution in [0.25, 0.3) is 0 Å². The maximum Gasteiger partial charge on any atom is 0.243 e. The molecule has 0 heterocycles. The molecule has 0 saturated heterocycles. The predicted octanol–water partition coefficient (Wildman–Crippen LogP) is -1.75. The molecule has 0 saturated carbocycles. The molecule has 0 fully saturated rings. The third kappa shape index (κ3) is 53.8. The van der Waals surface area contributed by atoms with E-state index in [9.17, 15) is 86.3 Å². The fraction of sp³-hybridized carbons (Fsp3) is 0.800. The maximum atomic E-state index is 14.9. The topological polar surface area (TPSA) is 722 Å². The Labute approximate surface area is 781 Å². The molecule has 18 amide bonds. The molecule has 132 heavy (non-hydrogen) atoms. The molecule has 0 aromatic heterocycles. The Bertz CT molecular complexity index is 3590. The van der Waals surface area contributed by atoms with Gasteiger partial charge in [0.15, 0.2) is 0 Å². The second kappa shape index (κ2) is 67.4. The van der Waals surface area contributed by atoms with Crippen LogP contribution in [0.3, 0.4) is 0 Å². The molecule has 0 aliphatic rings. The minimum Gasteiger partial charge on any atom is -0.370 e. The van der Waals surface area contributed by atoms with Gasteiger partial charge in [-0.15, -0.1) is 0 Å². The molecule has 0 radical (unpaired) electrons. The van der Waals surface area contributed by atoms with Gasteiger partial charge in [0.1, 0.15) is 84.6 Å². The van der Waals surface area contributed by atoms with Crippen molar-refractivity contribution in [2.24, 2.45) is 98.9 Å². The van der Waals surface area contributed by atoms with Crippen LogP contribution in [0.2, 0.25) is 0 Å². The third-order valence-electron chi connectivity index (χ3n) is 21.4. The molecule has 0 rings (SSSR count). The molecule has 0 bridgehead atoms. The monoisotopic (exact) mass is 1880 g/mol. The van der Waals surface area contributed by atoms with E-state index in [2.05, 4.69) is 79.8 Å². The molecule has 42 heteroatoms. The van der Waals surface area contributed by atoms with Crippen molar-refractivity contribution in [2.75, 3.05) is 39.3 Å². The van der Waals surface area contributed by atoms with E-state index in [0.717, 1.165) is 0 Å². The molecule has 758 valence electrons. The van der Waals surface area contributed by atoms with E-state index in [1.807, 2.05) is 27.7 Å². The standard InChI is InChI=1S/C90H170N24O18/c1-50(2)41-58(96)76(118)101-64(32-34-73(97)115)82(124)103-60(28-18-23-37-92)78(120)109-70(46-55(11)12)88(130)113-68(44-53(7)8)86(128)106-63(31-21-26-40-95)81(123)111-72(48-57(15)16)90(132)114-69(45-54(9)10)87(129)107-65(33-35-74(98)116)83(125)104-61(29-19-24-38-93)79(121)110-71(47-56(13)14)89(131)112-67(43-52(5)6)85(127)105-62(30-20-25-39-94)80(122)108-66(42-51(3)4)84(126)102-59(27-17-22-36-91)77(119)100-49-75(99)117/h50-72H,17-49,91-96H2,1-16H3,(H2,97,115)(H2,98,116)(H2,99,117)(H,100,119)(H,101,118)(H,102,126)(H,103,124)(H,104,125)(H,105,127)(H,106,128)(H,107,129)(H,108,122)(H,109,120)(H,110,121)(H,111,123)(H,112,131)(H,113,130)(H,114,132)/t58-,59-,60-,61-,62-,63-,64-,65-,66-,67-,68-,69-,70-,71-,72-/m0/s1. The lowest BCUT2D eigenvalue weighted by Gasteiger charge is -2.30. The molecule has 0 aliphatic heterocycles. The maximum absolute atomic E-state index is 14.9. The molecular formula is C90H170N24O18. The summed E-state index contributed by atoms with van der Waals surface area (Å²) in [6.07, 6.45) is 3.04. The lowest BCUT2D eigenvalue weighted by molar-refractivity contribution is -0.137. The predicted molar refractivity (Wildman–Crippen MR) is 504 cm³/mol. The normalized spacial score (nSPS) is 15.0. The highest BCUT2D eigenvalue weighted by atomic mass is 16.2. The minimum atomic E-state index is -1.61. The Morgan fingerprint density at radius 3 is 0.500 bits per heavy atom. The quantitative estimate of drug-likeness (QED) is 0.0300. The van der Waals surface area contributed by atoms with Gasteiger partial charge in [-0.3, -0.25) is 86.3 Å². The van der Waals surface area contributed by atoms with E-state index in [4.69, 9.17) is 51.6 Å². The van der Waals surface area contributed by atoms with Gasteiger partial charge in [-0.25, -0.2) is 0 Å². The first kappa shape index (κ1) is 122. The average Bonchev–Trinajstić information content (AvgIpc) is 0.852. The number of hydrogen-bond acceptors (Lipinski definition) is 24. The van der Waals surface area contributed by atoms with Crippen molar-refractivity contribution in [3.8, 4) is 0 Å². The zero-order valence-corrected chi connectivity index (χ0v) is 81.7. The molecule has 0 unspecified atom stereocenters. The van der Waals surface area contributed by atoms with Crippen LogP contribution in [0.5, 0.6) is 0 Å². The van der Waals surface area contributed by atoms with Crippen LogP contribution in [0.15, 0.2) is 0 Å². The Kier molecular flexibility index (Phi) is 62.4. The van der Waals surface area contributed by atoms with Crippen molar-refractivity contribution in [3.63, 3.8) is 0 Å². The van der Waals surface area contributed by atoms with Gasteiger partial charge in [-0.1, -0.05) is 111 Å². The zero-order valence-electron chi connectivity index (χ0n) is 81.7. The van der Waals surface area contributed by atoms with Gasteiger partial charge >= 0.3 is 0 Å². The van der Waals surface area contributed by atoms with E-state index in [-0.39, 0.29) is 176 Å². The number of carbonyl (C=O) groups excluding carboxylic acids is 18. The largest absolute Gasteiger partial charge is 0.370 e. The van der Waals surface area contributed by atoms with Crippen LogP contribution < -0.4 is 131 Å². The van der Waals surface area contributed by atoms with Crippen LogP contribution >= 0.6 is 0 Å². The molecular weight excluding hydrogens is 1710 g/mol. The molecule has 0 aromatic rings. The molecule has 0 aliphatic carbocycles. The van der Waals surface area contributed by atoms with E-state index >= 15 is 0 Å². The highest BCUT2D eigenvalue weighted by molar-refractivity contribution is 6.01. The smallest absolute Gasteiger partial charge is 0.243 e. The zero-order chi connectivity index (χ0) is 101. The number of nitrogens with two attached hydrogens (primary N) is 9. The van der Waals surface area contributed by atoms with Gasteiger partial charge in [0.2, 0.25) is 106 Å². The van der Waals surface area contributed by atoms with E-state index in [0.29, 0.717) is 64.3 Å². The fourth-order valence-corrected chi connectivity index (χ4v) is 14.6. The highest BCUT2D eigenvalue weighted by Gasteiger charge is 2.40. The Morgan fingerprint density at radius 1 is 0.189 bits per heavy atom. The van der Waals surface area contributed by atoms with Gasteiger partial charge in [-0.2, -0.15) is 0 Å². The summed E-state index contributed by atoms with van der Waals surface area (Å²) in [5.41, 5.74) is 51.7. The summed E-state index contributed by atoms with van der Waals surface area (Å²) >= 11 is 0. The van der Waals surface area contributed by atoms with Crippen LogP contribution in [-0.4, -0.2) is 236 Å². The molecule has 42 nitrogen and oxygen atoms in total. The van der Waals surface area contributed by atoms with Crippen LogP contribution in [-0.2, 0) is 86.3 Å². The summed E-state index contributed by atoms with van der Waals surface area (Å²) in [6, 6.07) is -19.8. The molecule has 33 N–H and O–H groups in total. The number of nitrogens with one attached hydrogen (secondary N) is 15. The summed E-state index contributed by atoms with van der Waals surface area (Å²) in [6.45, 7) is 29.5. The van der Waals surface area contributed by atoms with Crippen LogP contribution in [0.1, 0.15) is 284 Å². The Morgan fingerprint density at radius 2 is 0.341 bits per heavy atom. The Hall–Kier alpha value is -9.78. The number of amides is 18. The Balaban J connectivity index is 7.49. The summed E-state index contributed by atoms with van der Waals surface area (Å²) in [5.74, 6) is -16.2. The lowest BCUT2D eigenvalue weighted by Crippen LogP contribution is -2.61. The van der Waals surface area contributed by atoms with Gasteiger partial charge < -0.3 is 131 Å². The molecule has 0 aromatic carbocycles. The van der Waals surface area contributed by atoms with Crippen LogP contribution in [0.4, 0.5) is 0 Å². The van der Waals surface area contributed by atoms with E-state index < -0.39 is 216 Å². The third-order valence-corrected chi connectivity index (χ3v) is 21.4. The van der Waals surface area contributed by atoms with Gasteiger partial charge in [0.25, 0.3) is 0 Å². The van der Waals surface area contributed by atoms with Crippen molar-refractivity contribution < 1.29 is 86.3 Å². The number of primary amides is 3. The van der Waals surface area contributed by atoms with Gasteiger partial charge in [0, 0.05) is 12.8 Å². The summed E-state index contributed by atoms with van der Waals surface area (Å²) in [4.78, 5) is 253. The second-order valence-corrected chi connectivity index (χ2v) is 38.1. The number of hydrogen-bond donors (Lipinski definition) is 24. The first-order valence-corrected chi connectivity index (χ1v) is 47.6. The van der Waals surface area contributed by atoms with E-state index in [1.165, 1.54) is 0 Å². The minimum absolute atomic E-state index is 0.00177. The van der Waals surface area contributed by atoms with Crippen molar-refractivity contribution in [1.29, 1.82) is 0 Å². The first-order chi connectivity index (χ1) is 61.9. The van der Waals surface area contributed by atoms with Crippen molar-refractivity contribution in [3.05, 3.63) is 0 Å². The van der Waals surface area contributed by atoms with Gasteiger partial charge in [-0.05, 0) is 241 Å². The summed E-state index contributed by atoms with van der Waals surface area (Å²) in [7, 11) is 0. The first-order valence-electron chi connectivity index (χ1n) is 47.6. The van der Waals surface area contributed by atoms with Crippen LogP contribution in [0, 0.1) is 47.3 Å². The van der Waals surface area contributed by atoms with Crippen molar-refractivity contribution >= 4 is 106 Å². The average molecular weight is 1880 g/mol. The van der Waals surface area contributed by atoms with Crippen molar-refractivity contribution in [1.82, 2.24) is 79.8 Å². The summed E-state index contributed by atoms with van der Waals surface area (Å²) in [5, 5.41) is 40.7. The summed E-state index contributed by atoms with van der Waals surface area (Å²) < 4.78 is 0. The fourth-order valence-electron chi connectivity index (χ4n) is 14.6. The highest BCUT2D eigenvalue weighted by Crippen LogP contribution is 2.19.